The fourth-order valence-electron chi connectivity index (χ4n) is 2.35. The van der Waals surface area contributed by atoms with E-state index < -0.39 is 0 Å². The van der Waals surface area contributed by atoms with Crippen LogP contribution in [0.5, 0.6) is 0 Å². The summed E-state index contributed by atoms with van der Waals surface area (Å²) in [4.78, 5) is 2.49. The number of ether oxygens (including phenoxy) is 1. The number of anilines is 1. The summed E-state index contributed by atoms with van der Waals surface area (Å²) in [5.74, 6) is 0. The Balaban J connectivity index is 1.79. The molecular weight excluding hydrogens is 212 g/mol. The minimum Gasteiger partial charge on any atom is -0.399 e. The first-order chi connectivity index (χ1) is 8.28. The summed E-state index contributed by atoms with van der Waals surface area (Å²) in [6.07, 6.45) is 2.79. The maximum Gasteiger partial charge on any atom is 0.0599 e. The van der Waals surface area contributed by atoms with Crippen LogP contribution in [0.1, 0.15) is 25.3 Å². The lowest BCUT2D eigenvalue weighted by Crippen LogP contribution is -2.36. The number of rotatable bonds is 4. The van der Waals surface area contributed by atoms with E-state index in [0.717, 1.165) is 44.8 Å². The van der Waals surface area contributed by atoms with E-state index >= 15 is 0 Å². The standard InChI is InChI=1S/C14H22N2O/c1-2-17-14-7-9-16(10-8-14)11-12-3-5-13(15)6-4-12/h3-6,14H,2,7-11,15H2,1H3. The summed E-state index contributed by atoms with van der Waals surface area (Å²) >= 11 is 0. The van der Waals surface area contributed by atoms with Crippen LogP contribution in [0.25, 0.3) is 0 Å². The van der Waals surface area contributed by atoms with Crippen LogP contribution in [0, 0.1) is 0 Å². The summed E-state index contributed by atoms with van der Waals surface area (Å²) < 4.78 is 5.65. The molecule has 2 rings (SSSR count). The fourth-order valence-corrected chi connectivity index (χ4v) is 2.35. The van der Waals surface area contributed by atoms with Gasteiger partial charge in [-0.1, -0.05) is 12.1 Å². The Hall–Kier alpha value is -1.06. The van der Waals surface area contributed by atoms with Crippen LogP contribution in [-0.2, 0) is 11.3 Å². The van der Waals surface area contributed by atoms with E-state index in [9.17, 15) is 0 Å². The molecule has 94 valence electrons. The lowest BCUT2D eigenvalue weighted by Gasteiger charge is -2.31. The van der Waals surface area contributed by atoms with Crippen LogP contribution in [0.4, 0.5) is 5.69 Å². The molecule has 17 heavy (non-hydrogen) atoms. The zero-order chi connectivity index (χ0) is 12.1. The highest BCUT2D eigenvalue weighted by molar-refractivity contribution is 5.39. The molecule has 3 nitrogen and oxygen atoms in total. The van der Waals surface area contributed by atoms with Gasteiger partial charge in [-0.15, -0.1) is 0 Å². The predicted molar refractivity (Wildman–Crippen MR) is 70.8 cm³/mol. The average molecular weight is 234 g/mol. The van der Waals surface area contributed by atoms with Crippen LogP contribution in [0.2, 0.25) is 0 Å². The molecule has 0 aliphatic carbocycles. The second-order valence-electron chi connectivity index (χ2n) is 4.67. The maximum atomic E-state index is 5.68. The first-order valence-electron chi connectivity index (χ1n) is 6.46. The van der Waals surface area contributed by atoms with Crippen molar-refractivity contribution in [2.45, 2.75) is 32.4 Å². The molecule has 1 saturated heterocycles. The molecule has 0 radical (unpaired) electrons. The number of nitrogen functional groups attached to an aromatic ring is 1. The van der Waals surface area contributed by atoms with Crippen molar-refractivity contribution in [1.82, 2.24) is 4.90 Å². The summed E-state index contributed by atoms with van der Waals surface area (Å²) in [5, 5.41) is 0. The van der Waals surface area contributed by atoms with Gasteiger partial charge in [0.15, 0.2) is 0 Å². The molecule has 0 unspecified atom stereocenters. The molecule has 0 spiro atoms. The van der Waals surface area contributed by atoms with Gasteiger partial charge in [-0.3, -0.25) is 4.90 Å². The largest absolute Gasteiger partial charge is 0.399 e. The fraction of sp³-hybridized carbons (Fsp3) is 0.571. The summed E-state index contributed by atoms with van der Waals surface area (Å²) in [5.41, 5.74) is 7.86. The van der Waals surface area contributed by atoms with Gasteiger partial charge in [0, 0.05) is 31.9 Å². The number of nitrogens with zero attached hydrogens (tertiary/aromatic N) is 1. The highest BCUT2D eigenvalue weighted by Crippen LogP contribution is 2.16. The van der Waals surface area contributed by atoms with Crippen molar-refractivity contribution in [3.8, 4) is 0 Å². The van der Waals surface area contributed by atoms with Gasteiger partial charge in [0.2, 0.25) is 0 Å². The molecule has 1 aromatic carbocycles. The summed E-state index contributed by atoms with van der Waals surface area (Å²) in [7, 11) is 0. The first-order valence-corrected chi connectivity index (χ1v) is 6.46. The molecule has 2 N–H and O–H groups in total. The molecule has 1 fully saturated rings. The lowest BCUT2D eigenvalue weighted by atomic mass is 10.1. The monoisotopic (exact) mass is 234 g/mol. The predicted octanol–water partition coefficient (Wildman–Crippen LogP) is 2.27. The third-order valence-electron chi connectivity index (χ3n) is 3.32. The number of hydrogen-bond donors (Lipinski definition) is 1. The Labute approximate surface area is 104 Å². The third-order valence-corrected chi connectivity index (χ3v) is 3.32. The molecule has 0 amide bonds. The van der Waals surface area contributed by atoms with Crippen molar-refractivity contribution < 1.29 is 4.74 Å². The zero-order valence-electron chi connectivity index (χ0n) is 10.6. The molecule has 1 aromatic rings. The van der Waals surface area contributed by atoms with Crippen LogP contribution in [-0.4, -0.2) is 30.7 Å². The maximum absolute atomic E-state index is 5.68. The van der Waals surface area contributed by atoms with Gasteiger partial charge in [-0.05, 0) is 37.5 Å². The topological polar surface area (TPSA) is 38.5 Å². The number of likely N-dealkylation sites (tertiary alicyclic amines) is 1. The highest BCUT2D eigenvalue weighted by atomic mass is 16.5. The number of piperidine rings is 1. The molecule has 3 heteroatoms. The van der Waals surface area contributed by atoms with E-state index in [-0.39, 0.29) is 0 Å². The van der Waals surface area contributed by atoms with E-state index in [1.165, 1.54) is 5.56 Å². The van der Waals surface area contributed by atoms with E-state index in [1.807, 2.05) is 12.1 Å². The van der Waals surface area contributed by atoms with E-state index in [0.29, 0.717) is 6.10 Å². The van der Waals surface area contributed by atoms with Crippen molar-refractivity contribution >= 4 is 5.69 Å². The van der Waals surface area contributed by atoms with Gasteiger partial charge in [0.1, 0.15) is 0 Å². The second-order valence-corrected chi connectivity index (χ2v) is 4.67. The zero-order valence-corrected chi connectivity index (χ0v) is 10.6. The molecule has 0 atom stereocenters. The Kier molecular flexibility index (Phi) is 4.40. The van der Waals surface area contributed by atoms with Gasteiger partial charge in [0.25, 0.3) is 0 Å². The van der Waals surface area contributed by atoms with Crippen molar-refractivity contribution in [2.24, 2.45) is 0 Å². The van der Waals surface area contributed by atoms with E-state index in [1.54, 1.807) is 0 Å². The number of nitrogens with two attached hydrogens (primary N) is 1. The second kappa shape index (κ2) is 6.03. The molecule has 0 saturated carbocycles. The Bertz CT molecular complexity index is 329. The van der Waals surface area contributed by atoms with Crippen molar-refractivity contribution in [2.75, 3.05) is 25.4 Å². The minimum absolute atomic E-state index is 0.475. The third kappa shape index (κ3) is 3.72. The van der Waals surface area contributed by atoms with Crippen molar-refractivity contribution in [3.63, 3.8) is 0 Å². The molecule has 1 aliphatic heterocycles. The minimum atomic E-state index is 0.475. The smallest absolute Gasteiger partial charge is 0.0599 e. The lowest BCUT2D eigenvalue weighted by molar-refractivity contribution is 0.0125. The van der Waals surface area contributed by atoms with Gasteiger partial charge >= 0.3 is 0 Å². The van der Waals surface area contributed by atoms with Crippen LogP contribution in [0.15, 0.2) is 24.3 Å². The average Bonchev–Trinajstić information content (AvgIpc) is 2.35. The van der Waals surface area contributed by atoms with Crippen molar-refractivity contribution in [3.05, 3.63) is 29.8 Å². The Morgan fingerprint density at radius 1 is 1.24 bits per heavy atom. The van der Waals surface area contributed by atoms with Gasteiger partial charge in [-0.25, -0.2) is 0 Å². The van der Waals surface area contributed by atoms with Gasteiger partial charge in [0.05, 0.1) is 6.10 Å². The quantitative estimate of drug-likeness (QED) is 0.812. The molecular formula is C14H22N2O. The number of benzene rings is 1. The molecule has 1 heterocycles. The SMILES string of the molecule is CCOC1CCN(Cc2ccc(N)cc2)CC1. The summed E-state index contributed by atoms with van der Waals surface area (Å²) in [6.45, 7) is 6.20. The van der Waals surface area contributed by atoms with Crippen molar-refractivity contribution in [1.29, 1.82) is 0 Å². The summed E-state index contributed by atoms with van der Waals surface area (Å²) in [6, 6.07) is 8.18. The highest BCUT2D eigenvalue weighted by Gasteiger charge is 2.18. The Morgan fingerprint density at radius 3 is 2.47 bits per heavy atom. The van der Waals surface area contributed by atoms with Crippen LogP contribution in [0.3, 0.4) is 0 Å². The van der Waals surface area contributed by atoms with Gasteiger partial charge < -0.3 is 10.5 Å². The normalized spacial score (nSPS) is 18.4. The van der Waals surface area contributed by atoms with E-state index in [4.69, 9.17) is 10.5 Å². The molecule has 1 aliphatic rings. The van der Waals surface area contributed by atoms with Crippen LogP contribution < -0.4 is 5.73 Å². The first kappa shape index (κ1) is 12.4. The van der Waals surface area contributed by atoms with Gasteiger partial charge in [-0.2, -0.15) is 0 Å². The molecule has 0 bridgehead atoms. The number of hydrogen-bond acceptors (Lipinski definition) is 3. The van der Waals surface area contributed by atoms with Crippen LogP contribution >= 0.6 is 0 Å². The molecule has 0 aromatic heterocycles. The Morgan fingerprint density at radius 2 is 1.88 bits per heavy atom. The van der Waals surface area contributed by atoms with E-state index in [2.05, 4.69) is 24.0 Å².